The number of rotatable bonds is 6. The van der Waals surface area contributed by atoms with Crippen LogP contribution in [0.5, 0.6) is 0 Å². The van der Waals surface area contributed by atoms with Gasteiger partial charge in [0.2, 0.25) is 0 Å². The summed E-state index contributed by atoms with van der Waals surface area (Å²) in [5.41, 5.74) is 0.693. The molecule has 1 saturated heterocycles. The summed E-state index contributed by atoms with van der Waals surface area (Å²) < 4.78 is 1.95. The SMILES string of the molecule is O=C(c1ccc(NC2CCCC2)nc1)N1CCCC[C@H]1CCn1cccn1. The average molecular weight is 367 g/mol. The first-order chi connectivity index (χ1) is 13.3. The lowest BCUT2D eigenvalue weighted by Gasteiger charge is -2.36. The van der Waals surface area contributed by atoms with Crippen molar-refractivity contribution in [1.29, 1.82) is 0 Å². The molecule has 0 spiro atoms. The van der Waals surface area contributed by atoms with Crippen molar-refractivity contribution < 1.29 is 4.79 Å². The first-order valence-electron chi connectivity index (χ1n) is 10.3. The van der Waals surface area contributed by atoms with E-state index >= 15 is 0 Å². The molecule has 2 aromatic rings. The smallest absolute Gasteiger partial charge is 0.255 e. The normalized spacial score (nSPS) is 20.7. The maximum atomic E-state index is 13.1. The van der Waals surface area contributed by atoms with E-state index in [1.165, 1.54) is 32.1 Å². The third-order valence-corrected chi connectivity index (χ3v) is 5.86. The molecule has 3 heterocycles. The zero-order valence-electron chi connectivity index (χ0n) is 15.9. The van der Waals surface area contributed by atoms with E-state index in [4.69, 9.17) is 0 Å². The summed E-state index contributed by atoms with van der Waals surface area (Å²) in [4.78, 5) is 19.6. The lowest BCUT2D eigenvalue weighted by atomic mass is 9.98. The van der Waals surface area contributed by atoms with Gasteiger partial charge >= 0.3 is 0 Å². The van der Waals surface area contributed by atoms with Gasteiger partial charge in [-0.1, -0.05) is 12.8 Å². The van der Waals surface area contributed by atoms with Crippen LogP contribution in [0.15, 0.2) is 36.8 Å². The zero-order valence-corrected chi connectivity index (χ0v) is 15.9. The predicted octanol–water partition coefficient (Wildman–Crippen LogP) is 3.72. The van der Waals surface area contributed by atoms with E-state index in [2.05, 4.69) is 15.4 Å². The van der Waals surface area contributed by atoms with E-state index in [0.717, 1.165) is 38.2 Å². The second-order valence-corrected chi connectivity index (χ2v) is 7.76. The van der Waals surface area contributed by atoms with Crippen LogP contribution in [0.4, 0.5) is 5.82 Å². The Labute approximate surface area is 161 Å². The molecule has 6 nitrogen and oxygen atoms in total. The number of likely N-dealkylation sites (tertiary alicyclic amines) is 1. The number of amides is 1. The minimum absolute atomic E-state index is 0.111. The molecule has 2 aliphatic rings. The first-order valence-corrected chi connectivity index (χ1v) is 10.3. The van der Waals surface area contributed by atoms with Gasteiger partial charge in [-0.2, -0.15) is 5.10 Å². The molecule has 1 aliphatic heterocycles. The van der Waals surface area contributed by atoms with Gasteiger partial charge in [0.15, 0.2) is 0 Å². The number of piperidine rings is 1. The number of hydrogen-bond acceptors (Lipinski definition) is 4. The van der Waals surface area contributed by atoms with E-state index in [1.807, 2.05) is 34.0 Å². The Balaban J connectivity index is 1.38. The van der Waals surface area contributed by atoms with Crippen molar-refractivity contribution in [2.24, 2.45) is 0 Å². The Kier molecular flexibility index (Phi) is 5.70. The van der Waals surface area contributed by atoms with Crippen LogP contribution >= 0.6 is 0 Å². The minimum atomic E-state index is 0.111. The summed E-state index contributed by atoms with van der Waals surface area (Å²) in [5, 5.41) is 7.76. The van der Waals surface area contributed by atoms with E-state index in [0.29, 0.717) is 11.6 Å². The van der Waals surface area contributed by atoms with Gasteiger partial charge < -0.3 is 10.2 Å². The summed E-state index contributed by atoms with van der Waals surface area (Å²) in [6, 6.07) is 6.64. The quantitative estimate of drug-likeness (QED) is 0.845. The monoisotopic (exact) mass is 367 g/mol. The lowest BCUT2D eigenvalue weighted by molar-refractivity contribution is 0.0593. The van der Waals surface area contributed by atoms with Gasteiger partial charge in [-0.3, -0.25) is 9.48 Å². The van der Waals surface area contributed by atoms with Crippen molar-refractivity contribution in [2.45, 2.75) is 70.0 Å². The van der Waals surface area contributed by atoms with Gasteiger partial charge in [-0.25, -0.2) is 4.98 Å². The van der Waals surface area contributed by atoms with Crippen molar-refractivity contribution in [1.82, 2.24) is 19.7 Å². The number of aromatic nitrogens is 3. The molecule has 0 aromatic carbocycles. The average Bonchev–Trinajstić information content (AvgIpc) is 3.41. The highest BCUT2D eigenvalue weighted by Crippen LogP contribution is 2.24. The van der Waals surface area contributed by atoms with Crippen LogP contribution in [0.3, 0.4) is 0 Å². The molecular formula is C21H29N5O. The van der Waals surface area contributed by atoms with Crippen LogP contribution in [-0.2, 0) is 6.54 Å². The molecule has 1 amide bonds. The molecule has 2 aromatic heterocycles. The number of anilines is 1. The largest absolute Gasteiger partial charge is 0.367 e. The third kappa shape index (κ3) is 4.49. The van der Waals surface area contributed by atoms with E-state index in [1.54, 1.807) is 12.4 Å². The summed E-state index contributed by atoms with van der Waals surface area (Å²) in [5.74, 6) is 0.993. The molecule has 4 rings (SSSR count). The molecule has 0 bridgehead atoms. The standard InChI is InChI=1S/C21H29N5O/c27-21(17-9-10-20(22-16-17)24-18-6-1-2-7-18)26-14-4-3-8-19(26)11-15-25-13-5-12-23-25/h5,9-10,12-13,16,18-19H,1-4,6-8,11,14-15H2,(H,22,24)/t19-/m0/s1. The summed E-state index contributed by atoms with van der Waals surface area (Å²) in [6.07, 6.45) is 14.8. The second-order valence-electron chi connectivity index (χ2n) is 7.76. The Morgan fingerprint density at radius 2 is 2.00 bits per heavy atom. The molecule has 1 aliphatic carbocycles. The summed E-state index contributed by atoms with van der Waals surface area (Å²) in [6.45, 7) is 1.69. The topological polar surface area (TPSA) is 63.1 Å². The van der Waals surface area contributed by atoms with Gasteiger partial charge in [0.05, 0.1) is 5.56 Å². The van der Waals surface area contributed by atoms with E-state index < -0.39 is 0 Å². The third-order valence-electron chi connectivity index (χ3n) is 5.86. The van der Waals surface area contributed by atoms with Gasteiger partial charge in [0.25, 0.3) is 5.91 Å². The lowest BCUT2D eigenvalue weighted by Crippen LogP contribution is -2.44. The molecule has 0 unspecified atom stereocenters. The van der Waals surface area contributed by atoms with Crippen molar-refractivity contribution in [3.63, 3.8) is 0 Å². The number of pyridine rings is 1. The Bertz CT molecular complexity index is 722. The molecule has 0 radical (unpaired) electrons. The van der Waals surface area contributed by atoms with Crippen LogP contribution in [-0.4, -0.2) is 44.2 Å². The van der Waals surface area contributed by atoms with Crippen molar-refractivity contribution in [3.05, 3.63) is 42.4 Å². The van der Waals surface area contributed by atoms with Crippen LogP contribution in [0, 0.1) is 0 Å². The van der Waals surface area contributed by atoms with Gasteiger partial charge in [-0.05, 0) is 56.7 Å². The molecule has 27 heavy (non-hydrogen) atoms. The molecule has 1 N–H and O–H groups in total. The number of nitrogens with zero attached hydrogens (tertiary/aromatic N) is 4. The molecule has 144 valence electrons. The fourth-order valence-corrected chi connectivity index (χ4v) is 4.33. The van der Waals surface area contributed by atoms with Crippen LogP contribution in [0.2, 0.25) is 0 Å². The van der Waals surface area contributed by atoms with Crippen LogP contribution in [0.1, 0.15) is 61.7 Å². The Hall–Kier alpha value is -2.37. The number of carbonyl (C=O) groups excluding carboxylic acids is 1. The molecule has 1 atom stereocenters. The predicted molar refractivity (Wildman–Crippen MR) is 106 cm³/mol. The van der Waals surface area contributed by atoms with E-state index in [9.17, 15) is 4.79 Å². The second kappa shape index (κ2) is 8.55. The molecular weight excluding hydrogens is 338 g/mol. The maximum absolute atomic E-state index is 13.1. The van der Waals surface area contributed by atoms with Gasteiger partial charge in [0.1, 0.15) is 5.82 Å². The molecule has 1 saturated carbocycles. The molecule has 6 heteroatoms. The molecule has 2 fully saturated rings. The van der Waals surface area contributed by atoms with Crippen molar-refractivity contribution >= 4 is 11.7 Å². The Morgan fingerprint density at radius 3 is 2.74 bits per heavy atom. The number of aryl methyl sites for hydroxylation is 1. The highest BCUT2D eigenvalue weighted by atomic mass is 16.2. The van der Waals surface area contributed by atoms with E-state index in [-0.39, 0.29) is 11.9 Å². The number of nitrogens with one attached hydrogen (secondary N) is 1. The van der Waals surface area contributed by atoms with Crippen LogP contribution in [0.25, 0.3) is 0 Å². The summed E-state index contributed by atoms with van der Waals surface area (Å²) in [7, 11) is 0. The van der Waals surface area contributed by atoms with Crippen molar-refractivity contribution in [2.75, 3.05) is 11.9 Å². The Morgan fingerprint density at radius 1 is 1.15 bits per heavy atom. The van der Waals surface area contributed by atoms with Gasteiger partial charge in [-0.15, -0.1) is 0 Å². The maximum Gasteiger partial charge on any atom is 0.255 e. The van der Waals surface area contributed by atoms with Crippen molar-refractivity contribution in [3.8, 4) is 0 Å². The summed E-state index contributed by atoms with van der Waals surface area (Å²) >= 11 is 0. The number of hydrogen-bond donors (Lipinski definition) is 1. The minimum Gasteiger partial charge on any atom is -0.367 e. The fourth-order valence-electron chi connectivity index (χ4n) is 4.33. The highest BCUT2D eigenvalue weighted by Gasteiger charge is 2.27. The van der Waals surface area contributed by atoms with Crippen LogP contribution < -0.4 is 5.32 Å². The first kappa shape index (κ1) is 18.0. The zero-order chi connectivity index (χ0) is 18.5. The number of carbonyl (C=O) groups is 1. The van der Waals surface area contributed by atoms with Gasteiger partial charge in [0, 0.05) is 43.8 Å². The highest BCUT2D eigenvalue weighted by molar-refractivity contribution is 5.94. The fraction of sp³-hybridized carbons (Fsp3) is 0.571.